The number of ether oxygens (including phenoxy) is 1. The van der Waals surface area contributed by atoms with Crippen molar-refractivity contribution in [1.29, 1.82) is 0 Å². The molecule has 198 valence electrons. The molecule has 0 aliphatic carbocycles. The van der Waals surface area contributed by atoms with Crippen LogP contribution in [0.25, 0.3) is 5.69 Å². The van der Waals surface area contributed by atoms with Crippen LogP contribution >= 0.6 is 11.6 Å². The summed E-state index contributed by atoms with van der Waals surface area (Å²) in [4.78, 5) is 42.4. The molecule has 3 amide bonds. The van der Waals surface area contributed by atoms with Gasteiger partial charge in [-0.25, -0.2) is 14.5 Å². The van der Waals surface area contributed by atoms with E-state index in [1.165, 1.54) is 6.33 Å². The summed E-state index contributed by atoms with van der Waals surface area (Å²) >= 11 is 6.16. The zero-order chi connectivity index (χ0) is 27.1. The summed E-state index contributed by atoms with van der Waals surface area (Å²) in [5.41, 5.74) is 0.496. The third-order valence-electron chi connectivity index (χ3n) is 5.03. The first kappa shape index (κ1) is 29.1. The Hall–Kier alpha value is -3.14. The van der Waals surface area contributed by atoms with E-state index in [9.17, 15) is 14.4 Å². The molecule has 3 N–H and O–H groups in total. The van der Waals surface area contributed by atoms with Gasteiger partial charge in [0.2, 0.25) is 11.8 Å². The fraction of sp³-hybridized carbons (Fsp3) is 0.560. The van der Waals surface area contributed by atoms with Gasteiger partial charge in [0.05, 0.1) is 5.69 Å². The van der Waals surface area contributed by atoms with Gasteiger partial charge in [-0.3, -0.25) is 9.59 Å². The summed E-state index contributed by atoms with van der Waals surface area (Å²) in [5, 5.41) is 12.9. The molecule has 10 nitrogen and oxygen atoms in total. The first-order chi connectivity index (χ1) is 16.7. The van der Waals surface area contributed by atoms with Gasteiger partial charge in [-0.1, -0.05) is 39.3 Å². The minimum absolute atomic E-state index is 0.169. The number of hydrogen-bond acceptors (Lipinski definition) is 6. The molecule has 1 heterocycles. The van der Waals surface area contributed by atoms with Gasteiger partial charge in [0.15, 0.2) is 0 Å². The lowest BCUT2D eigenvalue weighted by molar-refractivity contribution is -0.130. The van der Waals surface area contributed by atoms with E-state index in [0.29, 0.717) is 17.9 Å². The molecule has 0 aliphatic rings. The zero-order valence-corrected chi connectivity index (χ0v) is 22.8. The van der Waals surface area contributed by atoms with E-state index in [1.54, 1.807) is 56.9 Å². The van der Waals surface area contributed by atoms with Crippen LogP contribution in [0.1, 0.15) is 66.9 Å². The van der Waals surface area contributed by atoms with Gasteiger partial charge in [0.25, 0.3) is 0 Å². The number of halogens is 1. The topological polar surface area (TPSA) is 127 Å². The summed E-state index contributed by atoms with van der Waals surface area (Å²) in [7, 11) is 0. The quantitative estimate of drug-likeness (QED) is 0.462. The molecule has 0 bridgehead atoms. The molecular formula is C25H37ClN6O4. The highest BCUT2D eigenvalue weighted by atomic mass is 35.5. The number of carbonyl (C=O) groups excluding carboxylic acids is 3. The summed E-state index contributed by atoms with van der Waals surface area (Å²) in [6.07, 6.45) is 3.00. The van der Waals surface area contributed by atoms with E-state index < -0.39 is 29.7 Å². The summed E-state index contributed by atoms with van der Waals surface area (Å²) in [6.45, 7) is 13.1. The van der Waals surface area contributed by atoms with Crippen LogP contribution < -0.4 is 16.0 Å². The number of amides is 3. The van der Waals surface area contributed by atoms with E-state index in [0.717, 1.165) is 11.3 Å². The summed E-state index contributed by atoms with van der Waals surface area (Å²) in [5.74, 6) is -0.814. The van der Waals surface area contributed by atoms with E-state index in [1.807, 2.05) is 20.8 Å². The normalized spacial score (nSPS) is 13.4. The molecule has 0 fully saturated rings. The van der Waals surface area contributed by atoms with Crippen LogP contribution in [-0.4, -0.2) is 50.4 Å². The Bertz CT molecular complexity index is 1040. The average Bonchev–Trinajstić information content (AvgIpc) is 3.27. The van der Waals surface area contributed by atoms with Crippen molar-refractivity contribution < 1.29 is 19.1 Å². The van der Waals surface area contributed by atoms with Gasteiger partial charge < -0.3 is 20.7 Å². The van der Waals surface area contributed by atoms with Gasteiger partial charge in [0, 0.05) is 11.6 Å². The maximum atomic E-state index is 13.1. The van der Waals surface area contributed by atoms with Crippen molar-refractivity contribution in [2.45, 2.75) is 85.5 Å². The summed E-state index contributed by atoms with van der Waals surface area (Å²) < 4.78 is 6.90. The van der Waals surface area contributed by atoms with Crippen molar-refractivity contribution in [2.24, 2.45) is 5.41 Å². The zero-order valence-electron chi connectivity index (χ0n) is 22.0. The van der Waals surface area contributed by atoms with Crippen LogP contribution in [-0.2, 0) is 20.9 Å². The average molecular weight is 521 g/mol. The predicted octanol–water partition coefficient (Wildman–Crippen LogP) is 3.76. The minimum atomic E-state index is -0.867. The lowest BCUT2D eigenvalue weighted by Crippen LogP contribution is -2.54. The lowest BCUT2D eigenvalue weighted by Gasteiger charge is -2.29. The van der Waals surface area contributed by atoms with Crippen molar-refractivity contribution in [3.63, 3.8) is 0 Å². The highest BCUT2D eigenvalue weighted by Crippen LogP contribution is 2.22. The Balaban J connectivity index is 2.09. The van der Waals surface area contributed by atoms with E-state index >= 15 is 0 Å². The second-order valence-corrected chi connectivity index (χ2v) is 11.2. The molecule has 0 saturated heterocycles. The number of rotatable bonds is 9. The molecule has 36 heavy (non-hydrogen) atoms. The van der Waals surface area contributed by atoms with E-state index in [2.05, 4.69) is 26.0 Å². The molecule has 2 atom stereocenters. The molecule has 0 radical (unpaired) electrons. The van der Waals surface area contributed by atoms with Crippen molar-refractivity contribution >= 4 is 29.5 Å². The largest absolute Gasteiger partial charge is 0.444 e. The fourth-order valence-electron chi connectivity index (χ4n) is 3.45. The number of nitrogens with one attached hydrogen (secondary N) is 3. The SMILES string of the molecule is CC[C@H](NC(=O)[C@@H](CC(C)(C)C)NC(=O)OC(C)(C)C)C(=O)NCc1cc(Cl)ccc1-n1cncn1. The van der Waals surface area contributed by atoms with Gasteiger partial charge >= 0.3 is 6.09 Å². The van der Waals surface area contributed by atoms with E-state index in [-0.39, 0.29) is 17.9 Å². The number of alkyl carbamates (subject to hydrolysis) is 1. The van der Waals surface area contributed by atoms with Gasteiger partial charge in [-0.2, -0.15) is 5.10 Å². The number of aromatic nitrogens is 3. The highest BCUT2D eigenvalue weighted by molar-refractivity contribution is 6.30. The standard InChI is InChI=1S/C25H37ClN6O4/c1-8-18(30-22(34)19(12-24(2,3)4)31-23(35)36-25(5,6)7)21(33)28-13-16-11-17(26)9-10-20(16)32-15-27-14-29-32/h9-11,14-15,18-19H,8,12-13H2,1-7H3,(H,28,33)(H,30,34)(H,31,35)/t18-,19+/m0/s1. The number of nitrogens with zero attached hydrogens (tertiary/aromatic N) is 3. The van der Waals surface area contributed by atoms with Gasteiger partial charge in [-0.05, 0) is 62.8 Å². The van der Waals surface area contributed by atoms with E-state index in [4.69, 9.17) is 16.3 Å². The monoisotopic (exact) mass is 520 g/mol. The lowest BCUT2D eigenvalue weighted by atomic mass is 9.87. The second-order valence-electron chi connectivity index (χ2n) is 10.8. The molecule has 2 aromatic rings. The Morgan fingerprint density at radius 1 is 1.06 bits per heavy atom. The molecule has 0 saturated carbocycles. The van der Waals surface area contributed by atoms with Crippen molar-refractivity contribution in [3.05, 3.63) is 41.4 Å². The van der Waals surface area contributed by atoms with Gasteiger partial charge in [-0.15, -0.1) is 0 Å². The van der Waals surface area contributed by atoms with Crippen molar-refractivity contribution in [1.82, 2.24) is 30.7 Å². The molecule has 0 unspecified atom stereocenters. The van der Waals surface area contributed by atoms with Crippen molar-refractivity contribution in [2.75, 3.05) is 0 Å². The number of benzene rings is 1. The number of carbonyl (C=O) groups is 3. The smallest absolute Gasteiger partial charge is 0.408 e. The molecule has 2 rings (SSSR count). The first-order valence-corrected chi connectivity index (χ1v) is 12.3. The van der Waals surface area contributed by atoms with Crippen LogP contribution in [0.15, 0.2) is 30.9 Å². The third-order valence-corrected chi connectivity index (χ3v) is 5.26. The van der Waals surface area contributed by atoms with Crippen LogP contribution in [0, 0.1) is 5.41 Å². The Morgan fingerprint density at radius 2 is 1.75 bits per heavy atom. The molecule has 1 aromatic carbocycles. The Morgan fingerprint density at radius 3 is 2.31 bits per heavy atom. The maximum Gasteiger partial charge on any atom is 0.408 e. The predicted molar refractivity (Wildman–Crippen MR) is 138 cm³/mol. The van der Waals surface area contributed by atoms with Gasteiger partial charge in [0.1, 0.15) is 30.3 Å². The molecule has 1 aromatic heterocycles. The minimum Gasteiger partial charge on any atom is -0.444 e. The Labute approximate surface area is 217 Å². The van der Waals surface area contributed by atoms with Crippen molar-refractivity contribution in [3.8, 4) is 5.69 Å². The molecule has 0 aliphatic heterocycles. The van der Waals surface area contributed by atoms with Crippen LogP contribution in [0.3, 0.4) is 0 Å². The fourth-order valence-corrected chi connectivity index (χ4v) is 3.65. The summed E-state index contributed by atoms with van der Waals surface area (Å²) in [6, 6.07) is 3.59. The first-order valence-electron chi connectivity index (χ1n) is 11.9. The molecule has 0 spiro atoms. The van der Waals surface area contributed by atoms with Crippen LogP contribution in [0.5, 0.6) is 0 Å². The third kappa shape index (κ3) is 9.49. The van der Waals surface area contributed by atoms with Crippen LogP contribution in [0.2, 0.25) is 5.02 Å². The molecular weight excluding hydrogens is 484 g/mol. The second kappa shape index (κ2) is 12.2. The number of hydrogen-bond donors (Lipinski definition) is 3. The maximum absolute atomic E-state index is 13.1. The molecule has 11 heteroatoms. The Kier molecular flexibility index (Phi) is 9.86. The van der Waals surface area contributed by atoms with Crippen LogP contribution in [0.4, 0.5) is 4.79 Å². The highest BCUT2D eigenvalue weighted by Gasteiger charge is 2.31.